The van der Waals surface area contributed by atoms with E-state index in [9.17, 15) is 5.11 Å². The predicted molar refractivity (Wildman–Crippen MR) is 61.7 cm³/mol. The highest BCUT2D eigenvalue weighted by Gasteiger charge is 2.21. The van der Waals surface area contributed by atoms with Gasteiger partial charge in [-0.2, -0.15) is 5.10 Å². The lowest BCUT2D eigenvalue weighted by Gasteiger charge is -2.21. The molecule has 3 nitrogen and oxygen atoms in total. The molecule has 1 aromatic rings. The van der Waals surface area contributed by atoms with Gasteiger partial charge in [-0.05, 0) is 19.9 Å². The van der Waals surface area contributed by atoms with Crippen molar-refractivity contribution in [2.24, 2.45) is 5.41 Å². The zero-order valence-electron chi connectivity index (χ0n) is 9.77. The zero-order valence-corrected chi connectivity index (χ0v) is 9.77. The van der Waals surface area contributed by atoms with Gasteiger partial charge in [0.15, 0.2) is 0 Å². The number of hydrogen-bond donors (Lipinski definition) is 1. The van der Waals surface area contributed by atoms with Gasteiger partial charge >= 0.3 is 0 Å². The molecule has 1 aromatic heterocycles. The molecule has 0 bridgehead atoms. The molecular weight excluding hydrogens is 188 g/mol. The van der Waals surface area contributed by atoms with Gasteiger partial charge in [0.05, 0.1) is 12.3 Å². The van der Waals surface area contributed by atoms with Gasteiger partial charge in [0.2, 0.25) is 0 Å². The first-order valence-electron chi connectivity index (χ1n) is 5.29. The van der Waals surface area contributed by atoms with Gasteiger partial charge in [0.1, 0.15) is 0 Å². The van der Waals surface area contributed by atoms with Crippen molar-refractivity contribution in [2.75, 3.05) is 6.61 Å². The maximum absolute atomic E-state index is 9.26. The molecule has 0 fully saturated rings. The molecular formula is C12H20N2O. The Kier molecular flexibility index (Phi) is 3.69. The van der Waals surface area contributed by atoms with Crippen molar-refractivity contribution < 1.29 is 5.11 Å². The largest absolute Gasteiger partial charge is 0.395 e. The summed E-state index contributed by atoms with van der Waals surface area (Å²) in [6.07, 6.45) is 4.50. The quantitative estimate of drug-likeness (QED) is 0.753. The molecule has 0 radical (unpaired) electrons. The van der Waals surface area contributed by atoms with Gasteiger partial charge in [0.25, 0.3) is 0 Å². The summed E-state index contributed by atoms with van der Waals surface area (Å²) in [5.74, 6) is 0. The van der Waals surface area contributed by atoms with Gasteiger partial charge in [-0.3, -0.25) is 4.68 Å². The van der Waals surface area contributed by atoms with Gasteiger partial charge in [-0.1, -0.05) is 13.0 Å². The van der Waals surface area contributed by atoms with Crippen LogP contribution in [-0.4, -0.2) is 21.5 Å². The highest BCUT2D eigenvalue weighted by molar-refractivity contribution is 5.07. The number of aliphatic hydroxyl groups is 1. The molecule has 84 valence electrons. The van der Waals surface area contributed by atoms with Crippen LogP contribution in [0.4, 0.5) is 0 Å². The van der Waals surface area contributed by atoms with Crippen molar-refractivity contribution in [3.8, 4) is 0 Å². The standard InChI is InChI=1S/C12H20N2O/c1-5-12(4,9-15)8-11-6-7-14(13-11)10(2)3/h5-7,10,15H,1,8-9H2,2-4H3. The molecule has 1 heterocycles. The summed E-state index contributed by atoms with van der Waals surface area (Å²) < 4.78 is 1.93. The first kappa shape index (κ1) is 12.0. The molecule has 0 saturated carbocycles. The highest BCUT2D eigenvalue weighted by atomic mass is 16.3. The maximum Gasteiger partial charge on any atom is 0.0634 e. The Hall–Kier alpha value is -1.09. The number of aliphatic hydroxyl groups excluding tert-OH is 1. The maximum atomic E-state index is 9.26. The van der Waals surface area contributed by atoms with Crippen LogP contribution in [0.2, 0.25) is 0 Å². The van der Waals surface area contributed by atoms with Gasteiger partial charge in [-0.15, -0.1) is 6.58 Å². The van der Waals surface area contributed by atoms with E-state index in [1.807, 2.05) is 23.9 Å². The Labute approximate surface area is 91.4 Å². The average Bonchev–Trinajstić information content (AvgIpc) is 2.66. The fourth-order valence-corrected chi connectivity index (χ4v) is 1.37. The molecule has 0 spiro atoms. The lowest BCUT2D eigenvalue weighted by Crippen LogP contribution is -2.21. The van der Waals surface area contributed by atoms with Gasteiger partial charge < -0.3 is 5.11 Å². The lowest BCUT2D eigenvalue weighted by molar-refractivity contribution is 0.183. The summed E-state index contributed by atoms with van der Waals surface area (Å²) in [5.41, 5.74) is 0.732. The van der Waals surface area contributed by atoms with E-state index in [2.05, 4.69) is 25.5 Å². The molecule has 1 rings (SSSR count). The Bertz CT molecular complexity index is 330. The average molecular weight is 208 g/mol. The summed E-state index contributed by atoms with van der Waals surface area (Å²) in [6.45, 7) is 10.0. The molecule has 0 aliphatic carbocycles. The number of aromatic nitrogens is 2. The van der Waals surface area contributed by atoms with E-state index in [1.54, 1.807) is 6.08 Å². The molecule has 0 aliphatic rings. The third-order valence-electron chi connectivity index (χ3n) is 2.63. The van der Waals surface area contributed by atoms with Gasteiger partial charge in [0, 0.05) is 24.1 Å². The SMILES string of the molecule is C=CC(C)(CO)Cc1ccn(C(C)C)n1. The third kappa shape index (κ3) is 2.93. The third-order valence-corrected chi connectivity index (χ3v) is 2.63. The molecule has 1 atom stereocenters. The summed E-state index contributed by atoms with van der Waals surface area (Å²) in [5, 5.41) is 13.7. The van der Waals surface area contributed by atoms with E-state index >= 15 is 0 Å². The molecule has 0 aliphatic heterocycles. The van der Waals surface area contributed by atoms with Crippen LogP contribution in [0.1, 0.15) is 32.5 Å². The van der Waals surface area contributed by atoms with E-state index in [0.717, 1.165) is 12.1 Å². The second-order valence-corrected chi connectivity index (χ2v) is 4.57. The second-order valence-electron chi connectivity index (χ2n) is 4.57. The number of nitrogens with zero attached hydrogens (tertiary/aromatic N) is 2. The Morgan fingerprint density at radius 3 is 2.73 bits per heavy atom. The smallest absolute Gasteiger partial charge is 0.0634 e. The van der Waals surface area contributed by atoms with Crippen LogP contribution in [0.5, 0.6) is 0 Å². The zero-order chi connectivity index (χ0) is 11.5. The molecule has 0 saturated heterocycles. The molecule has 1 unspecified atom stereocenters. The lowest BCUT2D eigenvalue weighted by atomic mass is 9.87. The van der Waals surface area contributed by atoms with E-state index in [1.165, 1.54) is 0 Å². The van der Waals surface area contributed by atoms with E-state index in [-0.39, 0.29) is 12.0 Å². The van der Waals surface area contributed by atoms with Crippen molar-refractivity contribution in [3.63, 3.8) is 0 Å². The fraction of sp³-hybridized carbons (Fsp3) is 0.583. The number of rotatable bonds is 5. The Morgan fingerprint density at radius 1 is 1.67 bits per heavy atom. The van der Waals surface area contributed by atoms with Crippen LogP contribution in [0.3, 0.4) is 0 Å². The monoisotopic (exact) mass is 208 g/mol. The minimum absolute atomic E-state index is 0.102. The molecule has 1 N–H and O–H groups in total. The van der Waals surface area contributed by atoms with E-state index in [4.69, 9.17) is 0 Å². The Balaban J connectivity index is 2.76. The van der Waals surface area contributed by atoms with Crippen LogP contribution in [0.15, 0.2) is 24.9 Å². The Morgan fingerprint density at radius 2 is 2.33 bits per heavy atom. The summed E-state index contributed by atoms with van der Waals surface area (Å²) >= 11 is 0. The predicted octanol–water partition coefficient (Wildman–Crippen LogP) is 2.19. The van der Waals surface area contributed by atoms with Crippen LogP contribution < -0.4 is 0 Å². The van der Waals surface area contributed by atoms with E-state index in [0.29, 0.717) is 6.04 Å². The summed E-state index contributed by atoms with van der Waals surface area (Å²) in [6, 6.07) is 2.38. The van der Waals surface area contributed by atoms with Crippen LogP contribution >= 0.6 is 0 Å². The van der Waals surface area contributed by atoms with Crippen LogP contribution in [-0.2, 0) is 6.42 Å². The minimum Gasteiger partial charge on any atom is -0.395 e. The topological polar surface area (TPSA) is 38.0 Å². The van der Waals surface area contributed by atoms with Crippen molar-refractivity contribution >= 4 is 0 Å². The van der Waals surface area contributed by atoms with Crippen molar-refractivity contribution in [2.45, 2.75) is 33.2 Å². The van der Waals surface area contributed by atoms with E-state index < -0.39 is 0 Å². The molecule has 3 heteroatoms. The summed E-state index contributed by atoms with van der Waals surface area (Å²) in [4.78, 5) is 0. The molecule has 0 aromatic carbocycles. The normalized spacial score (nSPS) is 15.3. The van der Waals surface area contributed by atoms with Crippen molar-refractivity contribution in [3.05, 3.63) is 30.6 Å². The second kappa shape index (κ2) is 4.62. The molecule has 15 heavy (non-hydrogen) atoms. The first-order valence-corrected chi connectivity index (χ1v) is 5.29. The van der Waals surface area contributed by atoms with Gasteiger partial charge in [-0.25, -0.2) is 0 Å². The van der Waals surface area contributed by atoms with Crippen molar-refractivity contribution in [1.82, 2.24) is 9.78 Å². The van der Waals surface area contributed by atoms with Crippen LogP contribution in [0, 0.1) is 5.41 Å². The number of hydrogen-bond acceptors (Lipinski definition) is 2. The first-order chi connectivity index (χ1) is 7.00. The fourth-order valence-electron chi connectivity index (χ4n) is 1.37. The van der Waals surface area contributed by atoms with Crippen molar-refractivity contribution in [1.29, 1.82) is 0 Å². The minimum atomic E-state index is -0.268. The highest BCUT2D eigenvalue weighted by Crippen LogP contribution is 2.22. The van der Waals surface area contributed by atoms with Crippen LogP contribution in [0.25, 0.3) is 0 Å². The summed E-state index contributed by atoms with van der Waals surface area (Å²) in [7, 11) is 0. The molecule has 0 amide bonds.